The summed E-state index contributed by atoms with van der Waals surface area (Å²) < 4.78 is 19.6. The molecule has 3 rings (SSSR count). The molecule has 166 valence electrons. The predicted molar refractivity (Wildman–Crippen MR) is 114 cm³/mol. The molecule has 2 atom stereocenters. The Labute approximate surface area is 178 Å². The molecule has 8 heteroatoms. The van der Waals surface area contributed by atoms with Gasteiger partial charge < -0.3 is 15.0 Å². The van der Waals surface area contributed by atoms with Crippen molar-refractivity contribution in [2.24, 2.45) is 5.92 Å². The van der Waals surface area contributed by atoms with Crippen molar-refractivity contribution in [2.75, 3.05) is 57.8 Å². The van der Waals surface area contributed by atoms with E-state index in [1.165, 1.54) is 11.0 Å². The first-order chi connectivity index (χ1) is 14.5. The van der Waals surface area contributed by atoms with Crippen LogP contribution in [0.25, 0.3) is 0 Å². The zero-order valence-corrected chi connectivity index (χ0v) is 18.2. The summed E-state index contributed by atoms with van der Waals surface area (Å²) in [6, 6.07) is 4.28. The van der Waals surface area contributed by atoms with Crippen molar-refractivity contribution in [1.29, 1.82) is 0 Å². The maximum atomic E-state index is 13.8. The van der Waals surface area contributed by atoms with Crippen LogP contribution in [0.15, 0.2) is 18.2 Å². The minimum atomic E-state index is -0.406. The van der Waals surface area contributed by atoms with Gasteiger partial charge in [-0.15, -0.1) is 0 Å². The van der Waals surface area contributed by atoms with E-state index in [1.54, 1.807) is 26.1 Å². The molecule has 30 heavy (non-hydrogen) atoms. The number of hydrogen-bond donors (Lipinski definition) is 1. The molecule has 0 spiro atoms. The fraction of sp³-hybridized carbons (Fsp3) is 0.636. The lowest BCUT2D eigenvalue weighted by Crippen LogP contribution is -2.47. The average Bonchev–Trinajstić information content (AvgIpc) is 2.96. The Morgan fingerprint density at radius 2 is 1.87 bits per heavy atom. The minimum Gasteiger partial charge on any atom is -0.491 e. The Morgan fingerprint density at radius 3 is 2.50 bits per heavy atom. The molecule has 1 aromatic carbocycles. The Hall–Kier alpha value is -2.19. The van der Waals surface area contributed by atoms with Gasteiger partial charge in [0, 0.05) is 38.8 Å². The Bertz CT molecular complexity index is 752. The van der Waals surface area contributed by atoms with E-state index in [9.17, 15) is 14.0 Å². The maximum absolute atomic E-state index is 13.8. The molecule has 0 radical (unpaired) electrons. The van der Waals surface area contributed by atoms with Crippen molar-refractivity contribution in [2.45, 2.75) is 32.7 Å². The molecule has 2 fully saturated rings. The van der Waals surface area contributed by atoms with Gasteiger partial charge in [0.1, 0.15) is 11.6 Å². The van der Waals surface area contributed by atoms with Crippen LogP contribution >= 0.6 is 0 Å². The second-order valence-electron chi connectivity index (χ2n) is 8.03. The summed E-state index contributed by atoms with van der Waals surface area (Å²) in [5.41, 5.74) is 0.809. The molecule has 2 unspecified atom stereocenters. The lowest BCUT2D eigenvalue weighted by molar-refractivity contribution is -0.139. The lowest BCUT2D eigenvalue weighted by atomic mass is 10.1. The zero-order valence-electron chi connectivity index (χ0n) is 18.2. The topological polar surface area (TPSA) is 65.1 Å². The highest BCUT2D eigenvalue weighted by Gasteiger charge is 2.43. The Kier molecular flexibility index (Phi) is 7.66. The largest absolute Gasteiger partial charge is 0.491 e. The number of imide groups is 1. The highest BCUT2D eigenvalue weighted by molar-refractivity contribution is 6.06. The van der Waals surface area contributed by atoms with Gasteiger partial charge in [0.15, 0.2) is 0 Å². The molecular weight excluding hydrogens is 387 g/mol. The van der Waals surface area contributed by atoms with Crippen LogP contribution < -0.4 is 15.0 Å². The van der Waals surface area contributed by atoms with E-state index in [0.717, 1.165) is 57.0 Å². The number of benzene rings is 1. The molecule has 2 heterocycles. The summed E-state index contributed by atoms with van der Waals surface area (Å²) in [6.07, 6.45) is 1.66. The standard InChI is InChI=1S/C22H33FN4O3/c1-4-14-30-19-7-6-17(23)15-18(19)26-12-10-25(11-13-26)8-5-9-27-21(28)16(2)20(24-3)22(27)29/h6-7,15-16,20,24H,4-5,8-14H2,1-3H3. The summed E-state index contributed by atoms with van der Waals surface area (Å²) in [4.78, 5) is 30.5. The quantitative estimate of drug-likeness (QED) is 0.614. The van der Waals surface area contributed by atoms with E-state index in [0.29, 0.717) is 13.2 Å². The van der Waals surface area contributed by atoms with Crippen molar-refractivity contribution in [3.63, 3.8) is 0 Å². The van der Waals surface area contributed by atoms with E-state index in [2.05, 4.69) is 15.1 Å². The number of nitrogens with zero attached hydrogens (tertiary/aromatic N) is 3. The molecule has 1 N–H and O–H groups in total. The third-order valence-electron chi connectivity index (χ3n) is 5.95. The van der Waals surface area contributed by atoms with Gasteiger partial charge in [0.05, 0.1) is 24.3 Å². The summed E-state index contributed by atoms with van der Waals surface area (Å²) in [7, 11) is 1.71. The van der Waals surface area contributed by atoms with E-state index >= 15 is 0 Å². The number of rotatable bonds is 9. The van der Waals surface area contributed by atoms with Gasteiger partial charge >= 0.3 is 0 Å². The molecule has 2 aliphatic heterocycles. The molecule has 7 nitrogen and oxygen atoms in total. The first-order valence-corrected chi connectivity index (χ1v) is 10.9. The zero-order chi connectivity index (χ0) is 21.7. The monoisotopic (exact) mass is 420 g/mol. The number of likely N-dealkylation sites (tertiary alicyclic amines) is 1. The second-order valence-corrected chi connectivity index (χ2v) is 8.03. The van der Waals surface area contributed by atoms with Crippen LogP contribution in [0.3, 0.4) is 0 Å². The van der Waals surface area contributed by atoms with Crippen LogP contribution in [0, 0.1) is 11.7 Å². The first kappa shape index (κ1) is 22.5. The molecule has 0 saturated carbocycles. The second kappa shape index (κ2) is 10.2. The van der Waals surface area contributed by atoms with Crippen LogP contribution in [0.2, 0.25) is 0 Å². The number of halogens is 1. The molecule has 0 aliphatic carbocycles. The third-order valence-corrected chi connectivity index (χ3v) is 5.95. The van der Waals surface area contributed by atoms with E-state index in [1.807, 2.05) is 6.92 Å². The van der Waals surface area contributed by atoms with Crippen molar-refractivity contribution in [3.8, 4) is 5.75 Å². The molecule has 2 saturated heterocycles. The van der Waals surface area contributed by atoms with Gasteiger partial charge in [-0.3, -0.25) is 19.4 Å². The van der Waals surface area contributed by atoms with Crippen molar-refractivity contribution >= 4 is 17.5 Å². The van der Waals surface area contributed by atoms with Crippen molar-refractivity contribution in [1.82, 2.24) is 15.1 Å². The fourth-order valence-electron chi connectivity index (χ4n) is 4.21. The number of amides is 2. The number of carbonyl (C=O) groups excluding carboxylic acids is 2. The van der Waals surface area contributed by atoms with E-state index in [4.69, 9.17) is 4.74 Å². The van der Waals surface area contributed by atoms with E-state index in [-0.39, 0.29) is 23.5 Å². The summed E-state index contributed by atoms with van der Waals surface area (Å²) in [6.45, 7) is 9.00. The van der Waals surface area contributed by atoms with Gasteiger partial charge in [-0.05, 0) is 38.6 Å². The molecule has 2 aliphatic rings. The SMILES string of the molecule is CCCOc1ccc(F)cc1N1CCN(CCCN2C(=O)C(C)C(NC)C2=O)CC1. The van der Waals surface area contributed by atoms with Gasteiger partial charge in [-0.25, -0.2) is 4.39 Å². The molecule has 2 amide bonds. The highest BCUT2D eigenvalue weighted by Crippen LogP contribution is 2.30. The number of ether oxygens (including phenoxy) is 1. The number of carbonyl (C=O) groups is 2. The number of nitrogens with one attached hydrogen (secondary N) is 1. The summed E-state index contributed by atoms with van der Waals surface area (Å²) in [5.74, 6) is -0.0434. The van der Waals surface area contributed by atoms with Crippen LogP contribution in [0.5, 0.6) is 5.75 Å². The maximum Gasteiger partial charge on any atom is 0.247 e. The van der Waals surface area contributed by atoms with Crippen LogP contribution in [0.1, 0.15) is 26.7 Å². The Balaban J connectivity index is 1.48. The predicted octanol–water partition coefficient (Wildman–Crippen LogP) is 1.72. The van der Waals surface area contributed by atoms with E-state index < -0.39 is 6.04 Å². The number of piperazine rings is 1. The highest BCUT2D eigenvalue weighted by atomic mass is 19.1. The van der Waals surface area contributed by atoms with Crippen LogP contribution in [0.4, 0.5) is 10.1 Å². The molecule has 0 bridgehead atoms. The molecule has 0 aromatic heterocycles. The molecular formula is C22H33FN4O3. The number of hydrogen-bond acceptors (Lipinski definition) is 6. The average molecular weight is 421 g/mol. The number of likely N-dealkylation sites (N-methyl/N-ethyl adjacent to an activating group) is 1. The van der Waals surface area contributed by atoms with Gasteiger partial charge in [0.2, 0.25) is 11.8 Å². The first-order valence-electron chi connectivity index (χ1n) is 10.9. The fourth-order valence-corrected chi connectivity index (χ4v) is 4.21. The van der Waals surface area contributed by atoms with Gasteiger partial charge in [0.25, 0.3) is 0 Å². The normalized spacial score (nSPS) is 22.8. The summed E-state index contributed by atoms with van der Waals surface area (Å²) in [5, 5.41) is 2.94. The number of anilines is 1. The molecule has 1 aromatic rings. The third kappa shape index (κ3) is 4.92. The summed E-state index contributed by atoms with van der Waals surface area (Å²) >= 11 is 0. The van der Waals surface area contributed by atoms with Crippen molar-refractivity contribution in [3.05, 3.63) is 24.0 Å². The van der Waals surface area contributed by atoms with Crippen LogP contribution in [-0.2, 0) is 9.59 Å². The van der Waals surface area contributed by atoms with Crippen LogP contribution in [-0.4, -0.2) is 80.6 Å². The van der Waals surface area contributed by atoms with Crippen molar-refractivity contribution < 1.29 is 18.7 Å². The van der Waals surface area contributed by atoms with Gasteiger partial charge in [-0.1, -0.05) is 13.8 Å². The van der Waals surface area contributed by atoms with Gasteiger partial charge in [-0.2, -0.15) is 0 Å². The lowest BCUT2D eigenvalue weighted by Gasteiger charge is -2.37. The minimum absolute atomic E-state index is 0.0881. The Morgan fingerprint density at radius 1 is 1.13 bits per heavy atom. The smallest absolute Gasteiger partial charge is 0.247 e.